The minimum Gasteiger partial charge on any atom is -0.495 e. The Balaban J connectivity index is 1.66. The van der Waals surface area contributed by atoms with E-state index in [0.29, 0.717) is 19.0 Å². The Bertz CT molecular complexity index is 985. The fraction of sp³-hybridized carbons (Fsp3) is 0.381. The summed E-state index contributed by atoms with van der Waals surface area (Å²) in [6.07, 6.45) is 0. The van der Waals surface area contributed by atoms with Crippen molar-refractivity contribution in [3.63, 3.8) is 0 Å². The molecule has 3 rings (SSSR count). The number of ether oxygens (including phenoxy) is 4. The Morgan fingerprint density at radius 3 is 2.57 bits per heavy atom. The van der Waals surface area contributed by atoms with Gasteiger partial charge in [-0.25, -0.2) is 13.2 Å². The molecule has 0 radical (unpaired) electrons. The van der Waals surface area contributed by atoms with Gasteiger partial charge < -0.3 is 18.9 Å². The van der Waals surface area contributed by atoms with E-state index in [2.05, 4.69) is 0 Å². The fourth-order valence-electron chi connectivity index (χ4n) is 3.01. The van der Waals surface area contributed by atoms with Crippen LogP contribution in [0.1, 0.15) is 15.9 Å². The summed E-state index contributed by atoms with van der Waals surface area (Å²) >= 11 is 0. The third-order valence-corrected chi connectivity index (χ3v) is 6.48. The topological polar surface area (TPSA) is 91.4 Å². The molecule has 1 heterocycles. The van der Waals surface area contributed by atoms with Crippen molar-refractivity contribution >= 4 is 16.0 Å². The lowest BCUT2D eigenvalue weighted by Gasteiger charge is -2.26. The molecule has 0 N–H and O–H groups in total. The number of carbonyl (C=O) groups is 1. The van der Waals surface area contributed by atoms with Crippen molar-refractivity contribution in [2.24, 2.45) is 0 Å². The highest BCUT2D eigenvalue weighted by molar-refractivity contribution is 7.89. The Hall–Kier alpha value is -2.62. The van der Waals surface area contributed by atoms with E-state index >= 15 is 0 Å². The van der Waals surface area contributed by atoms with E-state index in [4.69, 9.17) is 18.9 Å². The standard InChI is InChI=1S/C21H25NO7S/c1-16-4-3-5-18(14-16)28-12-13-29-21(23)17-6-7-19(26-2)20(15-17)30(24,25)22-8-10-27-11-9-22/h3-7,14-15H,8-13H2,1-2H3. The van der Waals surface area contributed by atoms with Crippen molar-refractivity contribution in [1.82, 2.24) is 4.31 Å². The van der Waals surface area contributed by atoms with Crippen LogP contribution in [0.15, 0.2) is 47.4 Å². The Kier molecular flexibility index (Phi) is 7.30. The molecular weight excluding hydrogens is 410 g/mol. The SMILES string of the molecule is COc1ccc(C(=O)OCCOc2cccc(C)c2)cc1S(=O)(=O)N1CCOCC1. The molecule has 0 bridgehead atoms. The molecule has 0 aromatic heterocycles. The minimum absolute atomic E-state index is 0.0321. The Labute approximate surface area is 176 Å². The quantitative estimate of drug-likeness (QED) is 0.464. The van der Waals surface area contributed by atoms with Gasteiger partial charge in [-0.1, -0.05) is 12.1 Å². The van der Waals surface area contributed by atoms with E-state index in [1.165, 1.54) is 29.6 Å². The fourth-order valence-corrected chi connectivity index (χ4v) is 4.60. The molecule has 30 heavy (non-hydrogen) atoms. The first kappa shape index (κ1) is 22.1. The van der Waals surface area contributed by atoms with E-state index in [9.17, 15) is 13.2 Å². The molecule has 0 aliphatic carbocycles. The summed E-state index contributed by atoms with van der Waals surface area (Å²) in [7, 11) is -2.45. The zero-order valence-electron chi connectivity index (χ0n) is 17.0. The normalized spacial score (nSPS) is 14.9. The number of methoxy groups -OCH3 is 1. The molecule has 2 aromatic rings. The molecule has 0 amide bonds. The summed E-state index contributed by atoms with van der Waals surface area (Å²) in [5.41, 5.74) is 1.19. The lowest BCUT2D eigenvalue weighted by molar-refractivity contribution is 0.0450. The van der Waals surface area contributed by atoms with Crippen LogP contribution in [0.3, 0.4) is 0 Å². The molecule has 0 atom stereocenters. The third-order valence-electron chi connectivity index (χ3n) is 4.56. The maximum atomic E-state index is 13.0. The van der Waals surface area contributed by atoms with E-state index in [1.54, 1.807) is 0 Å². The average molecular weight is 435 g/mol. The molecule has 1 fully saturated rings. The summed E-state index contributed by atoms with van der Waals surface area (Å²) in [6.45, 7) is 3.31. The zero-order valence-corrected chi connectivity index (χ0v) is 17.8. The van der Waals surface area contributed by atoms with Crippen LogP contribution in [-0.2, 0) is 19.5 Å². The number of esters is 1. The number of hydrogen-bond donors (Lipinski definition) is 0. The number of morpholine rings is 1. The highest BCUT2D eigenvalue weighted by atomic mass is 32.2. The first-order valence-electron chi connectivity index (χ1n) is 9.54. The second-order valence-corrected chi connectivity index (χ2v) is 8.59. The summed E-state index contributed by atoms with van der Waals surface area (Å²) in [6, 6.07) is 11.8. The van der Waals surface area contributed by atoms with Gasteiger partial charge in [0.2, 0.25) is 10.0 Å². The summed E-state index contributed by atoms with van der Waals surface area (Å²) < 4.78 is 48.5. The predicted octanol–water partition coefficient (Wildman–Crippen LogP) is 2.26. The molecule has 1 aliphatic rings. The smallest absolute Gasteiger partial charge is 0.338 e. The van der Waals surface area contributed by atoms with Gasteiger partial charge in [0.1, 0.15) is 29.6 Å². The highest BCUT2D eigenvalue weighted by Gasteiger charge is 2.30. The highest BCUT2D eigenvalue weighted by Crippen LogP contribution is 2.28. The Morgan fingerprint density at radius 1 is 1.10 bits per heavy atom. The van der Waals surface area contributed by atoms with Crippen molar-refractivity contribution in [2.75, 3.05) is 46.6 Å². The van der Waals surface area contributed by atoms with Crippen molar-refractivity contribution in [1.29, 1.82) is 0 Å². The van der Waals surface area contributed by atoms with Crippen molar-refractivity contribution in [3.05, 3.63) is 53.6 Å². The maximum absolute atomic E-state index is 13.0. The molecule has 0 saturated carbocycles. The van der Waals surface area contributed by atoms with Crippen LogP contribution >= 0.6 is 0 Å². The predicted molar refractivity (Wildman–Crippen MR) is 110 cm³/mol. The number of benzene rings is 2. The largest absolute Gasteiger partial charge is 0.495 e. The van der Waals surface area contributed by atoms with Crippen LogP contribution < -0.4 is 9.47 Å². The second-order valence-electron chi connectivity index (χ2n) is 6.68. The zero-order chi connectivity index (χ0) is 21.6. The summed E-state index contributed by atoms with van der Waals surface area (Å²) in [5, 5.41) is 0. The molecule has 1 aliphatic heterocycles. The molecule has 2 aromatic carbocycles. The van der Waals surface area contributed by atoms with E-state index in [1.807, 2.05) is 31.2 Å². The van der Waals surface area contributed by atoms with Crippen molar-refractivity contribution < 1.29 is 32.2 Å². The van der Waals surface area contributed by atoms with Gasteiger partial charge in [0, 0.05) is 13.1 Å². The van der Waals surface area contributed by atoms with E-state index < -0.39 is 16.0 Å². The third kappa shape index (κ3) is 5.29. The van der Waals surface area contributed by atoms with Crippen LogP contribution in [0, 0.1) is 6.92 Å². The van der Waals surface area contributed by atoms with Gasteiger partial charge in [-0.2, -0.15) is 4.31 Å². The molecule has 162 valence electrons. The van der Waals surface area contributed by atoms with Gasteiger partial charge in [0.25, 0.3) is 0 Å². The maximum Gasteiger partial charge on any atom is 0.338 e. The van der Waals surface area contributed by atoms with E-state index in [0.717, 1.165) is 5.56 Å². The number of hydrogen-bond acceptors (Lipinski definition) is 7. The number of rotatable bonds is 8. The molecule has 0 spiro atoms. The lowest BCUT2D eigenvalue weighted by Crippen LogP contribution is -2.40. The molecular formula is C21H25NO7S. The van der Waals surface area contributed by atoms with Crippen molar-refractivity contribution in [3.8, 4) is 11.5 Å². The van der Waals surface area contributed by atoms with Gasteiger partial charge in [-0.3, -0.25) is 0 Å². The average Bonchev–Trinajstić information content (AvgIpc) is 2.76. The summed E-state index contributed by atoms with van der Waals surface area (Å²) in [5.74, 6) is 0.221. The number of aryl methyl sites for hydroxylation is 1. The number of nitrogens with zero attached hydrogens (tertiary/aromatic N) is 1. The van der Waals surface area contributed by atoms with Crippen molar-refractivity contribution in [2.45, 2.75) is 11.8 Å². The van der Waals surface area contributed by atoms with Gasteiger partial charge in [-0.05, 0) is 42.8 Å². The second kappa shape index (κ2) is 9.92. The van der Waals surface area contributed by atoms with Crippen LogP contribution in [-0.4, -0.2) is 65.3 Å². The van der Waals surface area contributed by atoms with Crippen LogP contribution in [0.25, 0.3) is 0 Å². The van der Waals surface area contributed by atoms with Crippen LogP contribution in [0.5, 0.6) is 11.5 Å². The molecule has 8 nitrogen and oxygen atoms in total. The number of sulfonamides is 1. The van der Waals surface area contributed by atoms with Gasteiger partial charge in [0.15, 0.2) is 0 Å². The Morgan fingerprint density at radius 2 is 1.87 bits per heavy atom. The van der Waals surface area contributed by atoms with E-state index in [-0.39, 0.29) is 42.5 Å². The monoisotopic (exact) mass is 435 g/mol. The van der Waals surface area contributed by atoms with Gasteiger partial charge in [0.05, 0.1) is 25.9 Å². The molecule has 1 saturated heterocycles. The van der Waals surface area contributed by atoms with Crippen LogP contribution in [0.2, 0.25) is 0 Å². The first-order chi connectivity index (χ1) is 14.4. The minimum atomic E-state index is -3.83. The molecule has 0 unspecified atom stereocenters. The lowest BCUT2D eigenvalue weighted by atomic mass is 10.2. The number of carbonyl (C=O) groups excluding carboxylic acids is 1. The molecule has 9 heteroatoms. The van der Waals surface area contributed by atoms with Gasteiger partial charge >= 0.3 is 5.97 Å². The summed E-state index contributed by atoms with van der Waals surface area (Å²) in [4.78, 5) is 12.3. The first-order valence-corrected chi connectivity index (χ1v) is 11.0. The van der Waals surface area contributed by atoms with Gasteiger partial charge in [-0.15, -0.1) is 0 Å². The van der Waals surface area contributed by atoms with Crippen LogP contribution in [0.4, 0.5) is 0 Å².